The quantitative estimate of drug-likeness (QED) is 0.830. The van der Waals surface area contributed by atoms with Gasteiger partial charge in [0.2, 0.25) is 0 Å². The van der Waals surface area contributed by atoms with Crippen molar-refractivity contribution in [3.63, 3.8) is 0 Å². The molecule has 0 saturated heterocycles. The summed E-state index contributed by atoms with van der Waals surface area (Å²) in [4.78, 5) is 0. The third kappa shape index (κ3) is 1.76. The number of methoxy groups -OCH3 is 2. The molecule has 0 fully saturated rings. The van der Waals surface area contributed by atoms with Crippen LogP contribution in [0.3, 0.4) is 0 Å². The number of hydrogen-bond acceptors (Lipinski definition) is 2. The van der Waals surface area contributed by atoms with Crippen LogP contribution in [0.2, 0.25) is 0 Å². The van der Waals surface area contributed by atoms with Crippen molar-refractivity contribution in [3.05, 3.63) is 34.3 Å². The van der Waals surface area contributed by atoms with E-state index in [4.69, 9.17) is 9.47 Å². The molecule has 0 saturated carbocycles. The molecule has 2 aromatic carbocycles. The van der Waals surface area contributed by atoms with Crippen LogP contribution in [0.5, 0.6) is 11.5 Å². The molecule has 0 unspecified atom stereocenters. The minimum atomic E-state index is 0.847. The maximum absolute atomic E-state index is 5.41. The number of halogens is 1. The fraction of sp³-hybridized carbons (Fsp3) is 0.231. The van der Waals surface area contributed by atoms with Crippen LogP contribution >= 0.6 is 15.9 Å². The van der Waals surface area contributed by atoms with Gasteiger partial charge in [0.15, 0.2) is 0 Å². The van der Waals surface area contributed by atoms with Crippen LogP contribution in [-0.4, -0.2) is 14.2 Å². The number of rotatable bonds is 2. The van der Waals surface area contributed by atoms with Gasteiger partial charge in [-0.05, 0) is 35.0 Å². The Hall–Kier alpha value is -1.22. The second-order valence-corrected chi connectivity index (χ2v) is 4.50. The fourth-order valence-corrected chi connectivity index (χ4v) is 2.41. The van der Waals surface area contributed by atoms with E-state index in [1.807, 2.05) is 6.07 Å². The largest absolute Gasteiger partial charge is 0.496 e. The Balaban J connectivity index is 2.88. The predicted molar refractivity (Wildman–Crippen MR) is 69.5 cm³/mol. The summed E-state index contributed by atoms with van der Waals surface area (Å²) in [6.07, 6.45) is 0. The number of benzene rings is 2. The summed E-state index contributed by atoms with van der Waals surface area (Å²) in [7, 11) is 3.35. The lowest BCUT2D eigenvalue weighted by Gasteiger charge is -2.12. The third-order valence-corrected chi connectivity index (χ3v) is 3.17. The summed E-state index contributed by atoms with van der Waals surface area (Å²) in [6.45, 7) is 2.06. The molecule has 0 N–H and O–H groups in total. The molecule has 2 aromatic rings. The van der Waals surface area contributed by atoms with Gasteiger partial charge in [0.05, 0.1) is 18.7 Å². The molecule has 0 aliphatic carbocycles. The zero-order valence-electron chi connectivity index (χ0n) is 9.50. The summed E-state index contributed by atoms with van der Waals surface area (Å²) in [5, 5.41) is 2.13. The van der Waals surface area contributed by atoms with Gasteiger partial charge < -0.3 is 9.47 Å². The Morgan fingerprint density at radius 2 is 1.75 bits per heavy atom. The molecule has 0 aromatic heterocycles. The van der Waals surface area contributed by atoms with Crippen LogP contribution in [0.15, 0.2) is 28.7 Å². The standard InChI is InChI=1S/C13H13BrO2/c1-8-4-5-9-10(6-8)13(16-3)11(14)7-12(9)15-2/h4-7H,1-3H3. The highest BCUT2D eigenvalue weighted by Crippen LogP contribution is 2.39. The number of hydrogen-bond donors (Lipinski definition) is 0. The van der Waals surface area contributed by atoms with Gasteiger partial charge in [0, 0.05) is 10.8 Å². The van der Waals surface area contributed by atoms with E-state index in [9.17, 15) is 0 Å². The van der Waals surface area contributed by atoms with Crippen LogP contribution in [0.4, 0.5) is 0 Å². The molecule has 3 heteroatoms. The fourth-order valence-electron chi connectivity index (χ4n) is 1.82. The van der Waals surface area contributed by atoms with Crippen LogP contribution in [0, 0.1) is 6.92 Å². The zero-order valence-corrected chi connectivity index (χ0v) is 11.1. The van der Waals surface area contributed by atoms with Gasteiger partial charge in [-0.2, -0.15) is 0 Å². The Labute approximate surface area is 103 Å². The molecule has 0 aliphatic heterocycles. The molecular formula is C13H13BrO2. The van der Waals surface area contributed by atoms with Crippen molar-refractivity contribution in [2.24, 2.45) is 0 Å². The van der Waals surface area contributed by atoms with E-state index >= 15 is 0 Å². The normalized spacial score (nSPS) is 10.5. The molecule has 16 heavy (non-hydrogen) atoms. The lowest BCUT2D eigenvalue weighted by molar-refractivity contribution is 0.408. The van der Waals surface area contributed by atoms with Crippen molar-refractivity contribution in [1.82, 2.24) is 0 Å². The Kier molecular flexibility index (Phi) is 3.06. The number of aryl methyl sites for hydroxylation is 1. The van der Waals surface area contributed by atoms with Crippen LogP contribution in [0.1, 0.15) is 5.56 Å². The summed E-state index contributed by atoms with van der Waals surface area (Å²) >= 11 is 3.49. The first-order valence-corrected chi connectivity index (χ1v) is 5.77. The first-order valence-electron chi connectivity index (χ1n) is 4.98. The SMILES string of the molecule is COc1cc(Br)c(OC)c2cc(C)ccc12. The van der Waals surface area contributed by atoms with E-state index < -0.39 is 0 Å². The monoisotopic (exact) mass is 280 g/mol. The topological polar surface area (TPSA) is 18.5 Å². The summed E-state index contributed by atoms with van der Waals surface area (Å²) in [6, 6.07) is 8.15. The molecule has 0 amide bonds. The number of fused-ring (bicyclic) bond motifs is 1. The molecular weight excluding hydrogens is 268 g/mol. The Morgan fingerprint density at radius 1 is 1.00 bits per heavy atom. The second kappa shape index (κ2) is 4.34. The van der Waals surface area contributed by atoms with Gasteiger partial charge in [-0.15, -0.1) is 0 Å². The van der Waals surface area contributed by atoms with Crippen molar-refractivity contribution < 1.29 is 9.47 Å². The Bertz CT molecular complexity index is 535. The average Bonchev–Trinajstić information content (AvgIpc) is 2.27. The molecule has 0 spiro atoms. The summed E-state index contributed by atoms with van der Waals surface area (Å²) in [5.41, 5.74) is 1.20. The van der Waals surface area contributed by atoms with Crippen molar-refractivity contribution in [2.75, 3.05) is 14.2 Å². The lowest BCUT2D eigenvalue weighted by atomic mass is 10.1. The minimum absolute atomic E-state index is 0.847. The summed E-state index contributed by atoms with van der Waals surface area (Å²) in [5.74, 6) is 1.70. The Morgan fingerprint density at radius 3 is 2.38 bits per heavy atom. The third-order valence-electron chi connectivity index (χ3n) is 2.58. The molecule has 0 heterocycles. The molecule has 2 nitrogen and oxygen atoms in total. The van der Waals surface area contributed by atoms with Gasteiger partial charge in [-0.3, -0.25) is 0 Å². The molecule has 0 radical (unpaired) electrons. The van der Waals surface area contributed by atoms with Crippen LogP contribution < -0.4 is 9.47 Å². The maximum atomic E-state index is 5.41. The first-order chi connectivity index (χ1) is 7.67. The summed E-state index contributed by atoms with van der Waals surface area (Å²) < 4.78 is 11.7. The van der Waals surface area contributed by atoms with Gasteiger partial charge in [-0.1, -0.05) is 17.7 Å². The van der Waals surface area contributed by atoms with Crippen molar-refractivity contribution in [3.8, 4) is 11.5 Å². The van der Waals surface area contributed by atoms with E-state index in [-0.39, 0.29) is 0 Å². The van der Waals surface area contributed by atoms with E-state index in [0.717, 1.165) is 26.7 Å². The van der Waals surface area contributed by atoms with Crippen LogP contribution in [-0.2, 0) is 0 Å². The van der Waals surface area contributed by atoms with Crippen molar-refractivity contribution in [2.45, 2.75) is 6.92 Å². The van der Waals surface area contributed by atoms with E-state index in [1.165, 1.54) is 5.56 Å². The van der Waals surface area contributed by atoms with E-state index in [0.29, 0.717) is 0 Å². The molecule has 0 atom stereocenters. The van der Waals surface area contributed by atoms with Crippen LogP contribution in [0.25, 0.3) is 10.8 Å². The molecule has 0 bridgehead atoms. The number of ether oxygens (including phenoxy) is 2. The first kappa shape index (κ1) is 11.3. The van der Waals surface area contributed by atoms with Gasteiger partial charge in [0.1, 0.15) is 11.5 Å². The van der Waals surface area contributed by atoms with Gasteiger partial charge in [0.25, 0.3) is 0 Å². The zero-order chi connectivity index (χ0) is 11.7. The van der Waals surface area contributed by atoms with Crippen molar-refractivity contribution >= 4 is 26.7 Å². The molecule has 2 rings (SSSR count). The van der Waals surface area contributed by atoms with Gasteiger partial charge >= 0.3 is 0 Å². The highest BCUT2D eigenvalue weighted by Gasteiger charge is 2.11. The maximum Gasteiger partial charge on any atom is 0.141 e. The lowest BCUT2D eigenvalue weighted by Crippen LogP contribution is -1.91. The average molecular weight is 281 g/mol. The predicted octanol–water partition coefficient (Wildman–Crippen LogP) is 3.93. The van der Waals surface area contributed by atoms with E-state index in [2.05, 4.69) is 41.1 Å². The molecule has 84 valence electrons. The highest BCUT2D eigenvalue weighted by molar-refractivity contribution is 9.10. The minimum Gasteiger partial charge on any atom is -0.496 e. The second-order valence-electron chi connectivity index (χ2n) is 3.64. The highest BCUT2D eigenvalue weighted by atomic mass is 79.9. The van der Waals surface area contributed by atoms with E-state index in [1.54, 1.807) is 14.2 Å². The van der Waals surface area contributed by atoms with Crippen molar-refractivity contribution in [1.29, 1.82) is 0 Å². The van der Waals surface area contributed by atoms with Gasteiger partial charge in [-0.25, -0.2) is 0 Å². The smallest absolute Gasteiger partial charge is 0.141 e. The molecule has 0 aliphatic rings.